The van der Waals surface area contributed by atoms with E-state index >= 15 is 0 Å². The SMILES string of the molecule is C[Si](C)(C)CCOCn1ccc(Nc2cccc(C[C@]3(C#N)CC[C@H](Oc4cccc(Cl)c4F)CC3)n2)n1. The third-order valence-electron chi connectivity index (χ3n) is 6.78. The number of nitrogens with zero attached hydrogens (tertiary/aromatic N) is 4. The molecule has 0 aliphatic heterocycles. The van der Waals surface area contributed by atoms with Gasteiger partial charge in [-0.3, -0.25) is 0 Å². The third-order valence-corrected chi connectivity index (χ3v) is 8.78. The lowest BCUT2D eigenvalue weighted by Gasteiger charge is -2.35. The van der Waals surface area contributed by atoms with Crippen LogP contribution < -0.4 is 10.1 Å². The van der Waals surface area contributed by atoms with Gasteiger partial charge in [0.1, 0.15) is 12.5 Å². The van der Waals surface area contributed by atoms with E-state index in [1.807, 2.05) is 30.5 Å². The Hall–Kier alpha value is -2.93. The summed E-state index contributed by atoms with van der Waals surface area (Å²) >= 11 is 5.87. The summed E-state index contributed by atoms with van der Waals surface area (Å²) in [4.78, 5) is 4.74. The number of halogens is 2. The quantitative estimate of drug-likeness (QED) is 0.199. The van der Waals surface area contributed by atoms with E-state index in [-0.39, 0.29) is 16.9 Å². The Bertz CT molecular complexity index is 1260. The van der Waals surface area contributed by atoms with E-state index in [4.69, 9.17) is 26.1 Å². The molecule has 202 valence electrons. The number of ether oxygens (including phenoxy) is 2. The number of anilines is 2. The minimum absolute atomic E-state index is 0.0433. The standard InChI is InChI=1S/C28H35ClFN5O2Si/c1-38(2,3)17-16-36-20-35-15-12-26(34-35)33-25-9-4-6-21(32-25)18-28(19-31)13-10-22(11-14-28)37-24-8-5-7-23(29)27(24)30/h4-9,12,15,22H,10-11,13-14,16-18,20H2,1-3H3,(H,32,33,34)/t22-,28-. The molecule has 10 heteroatoms. The normalized spacial score (nSPS) is 19.6. The number of aromatic nitrogens is 3. The van der Waals surface area contributed by atoms with Gasteiger partial charge in [-0.25, -0.2) is 14.1 Å². The summed E-state index contributed by atoms with van der Waals surface area (Å²) in [5, 5.41) is 17.9. The van der Waals surface area contributed by atoms with Gasteiger partial charge in [0.2, 0.25) is 0 Å². The largest absolute Gasteiger partial charge is 0.487 e. The van der Waals surface area contributed by atoms with Crippen molar-refractivity contribution in [2.24, 2.45) is 5.41 Å². The van der Waals surface area contributed by atoms with Crippen LogP contribution >= 0.6 is 11.6 Å². The molecule has 38 heavy (non-hydrogen) atoms. The fraction of sp³-hybridized carbons (Fsp3) is 0.464. The van der Waals surface area contributed by atoms with Crippen LogP contribution in [0.25, 0.3) is 0 Å². The summed E-state index contributed by atoms with van der Waals surface area (Å²) < 4.78 is 27.6. The molecule has 2 heterocycles. The van der Waals surface area contributed by atoms with Crippen molar-refractivity contribution in [1.29, 1.82) is 5.26 Å². The molecule has 0 amide bonds. The molecule has 0 spiro atoms. The zero-order valence-electron chi connectivity index (χ0n) is 22.2. The highest BCUT2D eigenvalue weighted by molar-refractivity contribution is 6.76. The lowest BCUT2D eigenvalue weighted by atomic mass is 9.71. The molecule has 1 N–H and O–H groups in total. The number of benzene rings is 1. The van der Waals surface area contributed by atoms with Crippen molar-refractivity contribution in [3.8, 4) is 11.8 Å². The monoisotopic (exact) mass is 555 g/mol. The molecule has 1 fully saturated rings. The summed E-state index contributed by atoms with van der Waals surface area (Å²) in [6.45, 7) is 8.15. The van der Waals surface area contributed by atoms with E-state index in [0.29, 0.717) is 50.5 Å². The van der Waals surface area contributed by atoms with Gasteiger partial charge in [0.25, 0.3) is 0 Å². The average molecular weight is 556 g/mol. The zero-order chi connectivity index (χ0) is 27.2. The maximum Gasteiger partial charge on any atom is 0.183 e. The lowest BCUT2D eigenvalue weighted by Crippen LogP contribution is -2.33. The highest BCUT2D eigenvalue weighted by atomic mass is 35.5. The van der Waals surface area contributed by atoms with Crippen molar-refractivity contribution >= 4 is 31.3 Å². The van der Waals surface area contributed by atoms with E-state index in [1.54, 1.807) is 16.8 Å². The van der Waals surface area contributed by atoms with Crippen LogP contribution in [0.1, 0.15) is 31.4 Å². The highest BCUT2D eigenvalue weighted by Crippen LogP contribution is 2.40. The number of nitriles is 1. The molecule has 0 radical (unpaired) electrons. The first-order valence-electron chi connectivity index (χ1n) is 13.0. The third kappa shape index (κ3) is 7.79. The number of pyridine rings is 1. The summed E-state index contributed by atoms with van der Waals surface area (Å²) in [5.74, 6) is 0.977. The predicted molar refractivity (Wildman–Crippen MR) is 150 cm³/mol. The van der Waals surface area contributed by atoms with Crippen molar-refractivity contribution < 1.29 is 13.9 Å². The van der Waals surface area contributed by atoms with E-state index in [2.05, 4.69) is 36.1 Å². The van der Waals surface area contributed by atoms with Gasteiger partial charge >= 0.3 is 0 Å². The smallest absolute Gasteiger partial charge is 0.183 e. The Morgan fingerprint density at radius 2 is 1.92 bits per heavy atom. The van der Waals surface area contributed by atoms with E-state index in [9.17, 15) is 9.65 Å². The van der Waals surface area contributed by atoms with Crippen LogP contribution in [0.2, 0.25) is 30.7 Å². The summed E-state index contributed by atoms with van der Waals surface area (Å²) in [6.07, 6.45) is 4.89. The van der Waals surface area contributed by atoms with E-state index in [0.717, 1.165) is 18.3 Å². The van der Waals surface area contributed by atoms with Crippen molar-refractivity contribution in [2.45, 2.75) is 70.6 Å². The fourth-order valence-corrected chi connectivity index (χ4v) is 5.43. The molecule has 7 nitrogen and oxygen atoms in total. The summed E-state index contributed by atoms with van der Waals surface area (Å²) in [6, 6.07) is 16.1. The summed E-state index contributed by atoms with van der Waals surface area (Å²) in [7, 11) is -1.11. The van der Waals surface area contributed by atoms with Crippen LogP contribution in [0.5, 0.6) is 5.75 Å². The maximum atomic E-state index is 14.2. The van der Waals surface area contributed by atoms with Crippen molar-refractivity contribution in [2.75, 3.05) is 11.9 Å². The van der Waals surface area contributed by atoms with Gasteiger partial charge in [-0.15, -0.1) is 0 Å². The molecule has 0 atom stereocenters. The molecule has 2 aromatic heterocycles. The van der Waals surface area contributed by atoms with Gasteiger partial charge in [-0.05, 0) is 56.0 Å². The van der Waals surface area contributed by atoms with Crippen LogP contribution in [0.4, 0.5) is 16.0 Å². The molecule has 3 aromatic rings. The molecule has 1 aliphatic carbocycles. The first kappa shape index (κ1) is 28.1. The van der Waals surface area contributed by atoms with E-state index < -0.39 is 19.3 Å². The topological polar surface area (TPSA) is 85.0 Å². The molecule has 0 bridgehead atoms. The number of nitrogens with one attached hydrogen (secondary N) is 1. The molecular weight excluding hydrogens is 521 g/mol. The van der Waals surface area contributed by atoms with Crippen molar-refractivity contribution in [3.63, 3.8) is 0 Å². The zero-order valence-corrected chi connectivity index (χ0v) is 24.0. The second kappa shape index (κ2) is 12.3. The van der Waals surface area contributed by atoms with E-state index in [1.165, 1.54) is 6.07 Å². The van der Waals surface area contributed by atoms with Crippen molar-refractivity contribution in [1.82, 2.24) is 14.8 Å². The van der Waals surface area contributed by atoms with Gasteiger partial charge in [0, 0.05) is 39.1 Å². The average Bonchev–Trinajstić information content (AvgIpc) is 3.32. The number of hydrogen-bond donors (Lipinski definition) is 1. The second-order valence-corrected chi connectivity index (χ2v) is 17.2. The van der Waals surface area contributed by atoms with Crippen LogP contribution in [-0.2, 0) is 17.9 Å². The molecule has 1 aliphatic rings. The van der Waals surface area contributed by atoms with Crippen LogP contribution in [-0.4, -0.2) is 35.5 Å². The molecule has 4 rings (SSSR count). The minimum atomic E-state index is -1.11. The van der Waals surface area contributed by atoms with Gasteiger partial charge in [0.15, 0.2) is 17.4 Å². The highest BCUT2D eigenvalue weighted by Gasteiger charge is 2.37. The Labute approximate surface area is 229 Å². The van der Waals surface area contributed by atoms with Crippen molar-refractivity contribution in [3.05, 3.63) is 65.2 Å². The van der Waals surface area contributed by atoms with Gasteiger partial charge in [-0.1, -0.05) is 43.4 Å². The maximum absolute atomic E-state index is 14.2. The number of rotatable bonds is 11. The van der Waals surface area contributed by atoms with Gasteiger partial charge in [0.05, 0.1) is 22.6 Å². The minimum Gasteiger partial charge on any atom is -0.487 e. The first-order valence-corrected chi connectivity index (χ1v) is 17.1. The molecule has 1 saturated carbocycles. The molecular formula is C28H35ClFN5O2Si. The van der Waals surface area contributed by atoms with Gasteiger partial charge < -0.3 is 14.8 Å². The summed E-state index contributed by atoms with van der Waals surface area (Å²) in [5.41, 5.74) is 0.304. The molecule has 0 unspecified atom stereocenters. The van der Waals surface area contributed by atoms with Crippen LogP contribution in [0.15, 0.2) is 48.7 Å². The second-order valence-electron chi connectivity index (χ2n) is 11.2. The Morgan fingerprint density at radius 1 is 1.16 bits per heavy atom. The Balaban J connectivity index is 1.31. The molecule has 1 aromatic carbocycles. The molecule has 0 saturated heterocycles. The Kier molecular flexibility index (Phi) is 9.08. The van der Waals surface area contributed by atoms with Gasteiger partial charge in [-0.2, -0.15) is 10.4 Å². The fourth-order valence-electron chi connectivity index (χ4n) is 4.51. The lowest BCUT2D eigenvalue weighted by molar-refractivity contribution is 0.0788. The van der Waals surface area contributed by atoms with Crippen LogP contribution in [0.3, 0.4) is 0 Å². The van der Waals surface area contributed by atoms with Crippen LogP contribution in [0, 0.1) is 22.6 Å². The predicted octanol–water partition coefficient (Wildman–Crippen LogP) is 7.20. The number of hydrogen-bond acceptors (Lipinski definition) is 6. The first-order chi connectivity index (χ1) is 18.1. The Morgan fingerprint density at radius 3 is 2.66 bits per heavy atom.